The maximum absolute atomic E-state index is 12.7. The Morgan fingerprint density at radius 1 is 1.14 bits per heavy atom. The molecule has 0 bridgehead atoms. The molecular formula is C21H19F3N4O. The molecule has 2 aromatic carbocycles. The Balaban J connectivity index is 2.14. The number of nitrogens with two attached hydrogens (primary N) is 1. The van der Waals surface area contributed by atoms with Crippen molar-refractivity contribution in [3.8, 4) is 0 Å². The van der Waals surface area contributed by atoms with Gasteiger partial charge in [-0.15, -0.1) is 0 Å². The highest BCUT2D eigenvalue weighted by Crippen LogP contribution is 2.30. The molecule has 2 rings (SSSR count). The average molecular weight is 400 g/mol. The summed E-state index contributed by atoms with van der Waals surface area (Å²) in [5, 5.41) is 10.7. The van der Waals surface area contributed by atoms with Crippen LogP contribution in [-0.4, -0.2) is 17.2 Å². The number of allylic oxidation sites excluding steroid dienone is 2. The van der Waals surface area contributed by atoms with Crippen LogP contribution in [-0.2, 0) is 11.0 Å². The first-order chi connectivity index (χ1) is 13.7. The minimum Gasteiger partial charge on any atom is -0.405 e. The number of hydrogen-bond acceptors (Lipinski definition) is 5. The van der Waals surface area contributed by atoms with E-state index in [1.165, 1.54) is 30.6 Å². The van der Waals surface area contributed by atoms with Crippen LogP contribution in [0.3, 0.4) is 0 Å². The molecule has 0 amide bonds. The Labute approximate surface area is 166 Å². The largest absolute Gasteiger partial charge is 0.416 e. The van der Waals surface area contributed by atoms with Crippen LogP contribution < -0.4 is 11.1 Å². The number of halogens is 3. The van der Waals surface area contributed by atoms with Crippen molar-refractivity contribution < 1.29 is 18.0 Å². The quantitative estimate of drug-likeness (QED) is 0.462. The van der Waals surface area contributed by atoms with Crippen LogP contribution in [0.1, 0.15) is 11.1 Å². The van der Waals surface area contributed by atoms with Gasteiger partial charge in [0.05, 0.1) is 17.0 Å². The molecule has 0 saturated heterocycles. The van der Waals surface area contributed by atoms with Crippen molar-refractivity contribution in [1.82, 2.24) is 0 Å². The molecule has 0 aliphatic rings. The fraction of sp³-hybridized carbons (Fsp3) is 0.0952. The lowest BCUT2D eigenvalue weighted by Gasteiger charge is -2.08. The predicted molar refractivity (Wildman–Crippen MR) is 109 cm³/mol. The first-order valence-electron chi connectivity index (χ1n) is 8.48. The molecule has 0 aromatic heterocycles. The molecular weight excluding hydrogens is 381 g/mol. The van der Waals surface area contributed by atoms with E-state index < -0.39 is 23.2 Å². The van der Waals surface area contributed by atoms with E-state index in [0.29, 0.717) is 5.69 Å². The third kappa shape index (κ3) is 6.17. The minimum absolute atomic E-state index is 0.0653. The standard InChI is InChI=1S/C21H19F3N4O/c1-14-5-2-3-8-17(14)28-18(9-11-25)20(26)19(29)10-12-27-16-7-4-6-15(13-16)21(22,23)24/h2-13,26-27H,25H2,1H3/b11-9?,12-10-,26-20?,28-18?. The minimum atomic E-state index is -4.46. The average Bonchev–Trinajstić information content (AvgIpc) is 2.68. The van der Waals surface area contributed by atoms with E-state index in [9.17, 15) is 18.0 Å². The van der Waals surface area contributed by atoms with Gasteiger partial charge in [-0.2, -0.15) is 13.2 Å². The summed E-state index contributed by atoms with van der Waals surface area (Å²) in [6.07, 6.45) is 0.253. The van der Waals surface area contributed by atoms with E-state index >= 15 is 0 Å². The Kier molecular flexibility index (Phi) is 7.08. The van der Waals surface area contributed by atoms with Crippen LogP contribution in [0.25, 0.3) is 0 Å². The number of carbonyl (C=O) groups is 1. The topological polar surface area (TPSA) is 91.3 Å². The number of nitrogens with zero attached hydrogens (tertiary/aromatic N) is 1. The van der Waals surface area contributed by atoms with Crippen LogP contribution in [0.4, 0.5) is 24.5 Å². The van der Waals surface area contributed by atoms with Gasteiger partial charge in [0.2, 0.25) is 5.78 Å². The zero-order valence-corrected chi connectivity index (χ0v) is 15.5. The van der Waals surface area contributed by atoms with Gasteiger partial charge in [-0.1, -0.05) is 24.3 Å². The number of anilines is 1. The van der Waals surface area contributed by atoms with Gasteiger partial charge in [0.25, 0.3) is 0 Å². The number of alkyl halides is 3. The highest BCUT2D eigenvalue weighted by atomic mass is 19.4. The van der Waals surface area contributed by atoms with E-state index in [2.05, 4.69) is 10.3 Å². The van der Waals surface area contributed by atoms with Crippen molar-refractivity contribution in [3.05, 3.63) is 84.2 Å². The van der Waals surface area contributed by atoms with Gasteiger partial charge in [0.1, 0.15) is 5.71 Å². The zero-order chi connectivity index (χ0) is 21.4. The highest BCUT2D eigenvalue weighted by Gasteiger charge is 2.30. The van der Waals surface area contributed by atoms with Gasteiger partial charge in [-0.3, -0.25) is 10.2 Å². The van der Waals surface area contributed by atoms with Crippen molar-refractivity contribution in [1.29, 1.82) is 5.41 Å². The van der Waals surface area contributed by atoms with Gasteiger partial charge in [-0.25, -0.2) is 4.99 Å². The van der Waals surface area contributed by atoms with Gasteiger partial charge >= 0.3 is 6.18 Å². The zero-order valence-electron chi connectivity index (χ0n) is 15.5. The van der Waals surface area contributed by atoms with Gasteiger partial charge in [0, 0.05) is 18.0 Å². The summed E-state index contributed by atoms with van der Waals surface area (Å²) in [6, 6.07) is 11.7. The fourth-order valence-electron chi connectivity index (χ4n) is 2.29. The van der Waals surface area contributed by atoms with Crippen LogP contribution in [0.15, 0.2) is 78.1 Å². The normalized spacial score (nSPS) is 12.5. The third-order valence-corrected chi connectivity index (χ3v) is 3.79. The van der Waals surface area contributed by atoms with E-state index in [4.69, 9.17) is 11.1 Å². The lowest BCUT2D eigenvalue weighted by Crippen LogP contribution is -2.20. The van der Waals surface area contributed by atoms with Gasteiger partial charge < -0.3 is 11.1 Å². The van der Waals surface area contributed by atoms with Gasteiger partial charge in [-0.05, 0) is 49.0 Å². The number of aliphatic imine (C=N–C) groups is 1. The molecule has 2 aromatic rings. The summed E-state index contributed by atoms with van der Waals surface area (Å²) >= 11 is 0. The molecule has 0 aliphatic carbocycles. The van der Waals surface area contributed by atoms with Crippen molar-refractivity contribution >= 4 is 28.6 Å². The molecule has 29 heavy (non-hydrogen) atoms. The Bertz CT molecular complexity index is 991. The first-order valence-corrected chi connectivity index (χ1v) is 8.48. The molecule has 0 aliphatic heterocycles. The summed E-state index contributed by atoms with van der Waals surface area (Å²) in [5.41, 5.74) is 5.85. The maximum Gasteiger partial charge on any atom is 0.416 e. The van der Waals surface area contributed by atoms with Crippen LogP contribution in [0.2, 0.25) is 0 Å². The molecule has 0 heterocycles. The second-order valence-corrected chi connectivity index (χ2v) is 5.94. The Hall–Kier alpha value is -3.68. The molecule has 0 unspecified atom stereocenters. The fourth-order valence-corrected chi connectivity index (χ4v) is 2.29. The number of benzene rings is 2. The molecule has 8 heteroatoms. The summed E-state index contributed by atoms with van der Waals surface area (Å²) in [4.78, 5) is 16.6. The molecule has 4 N–H and O–H groups in total. The van der Waals surface area contributed by atoms with Gasteiger partial charge in [0.15, 0.2) is 0 Å². The van der Waals surface area contributed by atoms with Crippen molar-refractivity contribution in [2.75, 3.05) is 5.32 Å². The molecule has 0 atom stereocenters. The van der Waals surface area contributed by atoms with Crippen molar-refractivity contribution in [2.45, 2.75) is 13.1 Å². The molecule has 0 radical (unpaired) electrons. The molecule has 0 saturated carbocycles. The molecule has 150 valence electrons. The third-order valence-electron chi connectivity index (χ3n) is 3.79. The van der Waals surface area contributed by atoms with Crippen LogP contribution in [0.5, 0.6) is 0 Å². The summed E-state index contributed by atoms with van der Waals surface area (Å²) in [5.74, 6) is -0.685. The van der Waals surface area contributed by atoms with E-state index in [1.807, 2.05) is 19.1 Å². The lowest BCUT2D eigenvalue weighted by molar-refractivity contribution is -0.137. The molecule has 5 nitrogen and oxygen atoms in total. The van der Waals surface area contributed by atoms with Crippen LogP contribution in [0, 0.1) is 12.3 Å². The molecule has 0 fully saturated rings. The number of para-hydroxylation sites is 1. The van der Waals surface area contributed by atoms with E-state index in [-0.39, 0.29) is 11.4 Å². The Morgan fingerprint density at radius 2 is 1.86 bits per heavy atom. The second kappa shape index (κ2) is 9.50. The maximum atomic E-state index is 12.7. The number of ketones is 1. The summed E-state index contributed by atoms with van der Waals surface area (Å²) in [7, 11) is 0. The Morgan fingerprint density at radius 3 is 2.52 bits per heavy atom. The van der Waals surface area contributed by atoms with E-state index in [0.717, 1.165) is 23.8 Å². The first kappa shape index (κ1) is 21.6. The van der Waals surface area contributed by atoms with Crippen molar-refractivity contribution in [3.63, 3.8) is 0 Å². The number of rotatable bonds is 7. The van der Waals surface area contributed by atoms with Crippen molar-refractivity contribution in [2.24, 2.45) is 10.7 Å². The summed E-state index contributed by atoms with van der Waals surface area (Å²) in [6.45, 7) is 1.84. The van der Waals surface area contributed by atoms with Crippen LogP contribution >= 0.6 is 0 Å². The summed E-state index contributed by atoms with van der Waals surface area (Å²) < 4.78 is 38.2. The highest BCUT2D eigenvalue weighted by molar-refractivity contribution is 6.70. The lowest BCUT2D eigenvalue weighted by atomic mass is 10.1. The number of nitrogens with one attached hydrogen (secondary N) is 2. The number of carbonyl (C=O) groups excluding carboxylic acids is 1. The predicted octanol–water partition coefficient (Wildman–Crippen LogP) is 4.77. The molecule has 0 spiro atoms. The number of aryl methyl sites for hydroxylation is 1. The SMILES string of the molecule is Cc1ccccc1N=C(C=CN)C(=N)C(=O)/C=C\Nc1cccc(C(F)(F)F)c1. The van der Waals surface area contributed by atoms with E-state index in [1.54, 1.807) is 12.1 Å². The second-order valence-electron chi connectivity index (χ2n) is 5.94. The number of hydrogen-bond donors (Lipinski definition) is 3. The smallest absolute Gasteiger partial charge is 0.405 e. The monoisotopic (exact) mass is 400 g/mol.